The maximum Gasteiger partial charge on any atom is 0.128 e. The van der Waals surface area contributed by atoms with Crippen LogP contribution in [0.25, 0.3) is 0 Å². The number of nitrogens with one attached hydrogen (secondary N) is 1. The maximum absolute atomic E-state index is 13.9. The van der Waals surface area contributed by atoms with Crippen LogP contribution in [0.15, 0.2) is 22.7 Å². The smallest absolute Gasteiger partial charge is 0.128 e. The molecule has 0 aliphatic carbocycles. The summed E-state index contributed by atoms with van der Waals surface area (Å²) in [6.07, 6.45) is 3.68. The fourth-order valence-electron chi connectivity index (χ4n) is 2.82. The van der Waals surface area contributed by atoms with Crippen molar-refractivity contribution in [1.29, 1.82) is 0 Å². The summed E-state index contributed by atoms with van der Waals surface area (Å²) in [4.78, 5) is 0. The third-order valence-electron chi connectivity index (χ3n) is 3.96. The van der Waals surface area contributed by atoms with Crippen molar-refractivity contribution >= 4 is 15.9 Å². The van der Waals surface area contributed by atoms with Gasteiger partial charge in [0.1, 0.15) is 5.82 Å². The fourth-order valence-corrected chi connectivity index (χ4v) is 3.19. The van der Waals surface area contributed by atoms with Gasteiger partial charge in [-0.3, -0.25) is 0 Å². The Labute approximate surface area is 123 Å². The standard InChI is InChI=1S/C15H22BrFN2/c1-10-5-4-6-11(2)19(10)18-12(3)14-9-13(16)7-8-15(14)17/h7-12,18H,4-6H2,1-3H3. The number of piperidine rings is 1. The van der Waals surface area contributed by atoms with E-state index in [1.807, 2.05) is 13.0 Å². The summed E-state index contributed by atoms with van der Waals surface area (Å²) in [7, 11) is 0. The molecule has 3 unspecified atom stereocenters. The predicted octanol–water partition coefficient (Wildman–Crippen LogP) is 4.42. The van der Waals surface area contributed by atoms with Crippen molar-refractivity contribution in [3.63, 3.8) is 0 Å². The first-order valence-electron chi connectivity index (χ1n) is 6.98. The Morgan fingerprint density at radius 1 is 1.32 bits per heavy atom. The van der Waals surface area contributed by atoms with Gasteiger partial charge in [-0.1, -0.05) is 22.4 Å². The van der Waals surface area contributed by atoms with Gasteiger partial charge in [-0.05, 0) is 51.8 Å². The van der Waals surface area contributed by atoms with Gasteiger partial charge in [-0.25, -0.2) is 14.8 Å². The van der Waals surface area contributed by atoms with Gasteiger partial charge in [0.2, 0.25) is 0 Å². The lowest BCUT2D eigenvalue weighted by molar-refractivity contribution is 0.0315. The van der Waals surface area contributed by atoms with E-state index >= 15 is 0 Å². The summed E-state index contributed by atoms with van der Waals surface area (Å²) in [6.45, 7) is 6.47. The van der Waals surface area contributed by atoms with Gasteiger partial charge in [0, 0.05) is 28.2 Å². The Bertz CT molecular complexity index is 428. The molecule has 0 spiro atoms. The van der Waals surface area contributed by atoms with Crippen LogP contribution in [-0.4, -0.2) is 17.1 Å². The molecule has 0 amide bonds. The number of benzene rings is 1. The molecule has 2 rings (SSSR count). The van der Waals surface area contributed by atoms with E-state index in [4.69, 9.17) is 0 Å². The van der Waals surface area contributed by atoms with Crippen molar-refractivity contribution < 1.29 is 4.39 Å². The molecule has 1 fully saturated rings. The molecule has 19 heavy (non-hydrogen) atoms. The molecule has 1 N–H and O–H groups in total. The molecule has 1 aromatic rings. The molecule has 4 heteroatoms. The molecule has 1 aliphatic rings. The Morgan fingerprint density at radius 2 is 1.95 bits per heavy atom. The van der Waals surface area contributed by atoms with Crippen molar-refractivity contribution in [2.24, 2.45) is 0 Å². The number of hydrogen-bond acceptors (Lipinski definition) is 2. The largest absolute Gasteiger partial charge is 0.247 e. The number of hydrogen-bond donors (Lipinski definition) is 1. The summed E-state index contributed by atoms with van der Waals surface area (Å²) in [6, 6.07) is 6.08. The van der Waals surface area contributed by atoms with Gasteiger partial charge in [0.25, 0.3) is 0 Å². The van der Waals surface area contributed by atoms with Crippen LogP contribution < -0.4 is 5.43 Å². The Balaban J connectivity index is 2.11. The summed E-state index contributed by atoms with van der Waals surface area (Å²) >= 11 is 3.41. The third kappa shape index (κ3) is 3.56. The number of halogens is 2. The SMILES string of the molecule is CC(NN1C(C)CCCC1C)c1cc(Br)ccc1F. The second-order valence-corrected chi connectivity index (χ2v) is 6.47. The Morgan fingerprint density at radius 3 is 2.58 bits per heavy atom. The lowest BCUT2D eigenvalue weighted by atomic mass is 9.99. The average molecular weight is 329 g/mol. The zero-order valence-corrected chi connectivity index (χ0v) is 13.4. The molecule has 3 atom stereocenters. The summed E-state index contributed by atoms with van der Waals surface area (Å²) in [5.74, 6) is -0.152. The Kier molecular flexibility index (Phi) is 4.98. The second kappa shape index (κ2) is 6.33. The molecule has 1 aliphatic heterocycles. The molecule has 0 aromatic heterocycles. The lowest BCUT2D eigenvalue weighted by Gasteiger charge is -2.41. The molecule has 1 saturated heterocycles. The van der Waals surface area contributed by atoms with Crippen molar-refractivity contribution in [2.45, 2.75) is 58.2 Å². The lowest BCUT2D eigenvalue weighted by Crippen LogP contribution is -2.52. The minimum Gasteiger partial charge on any atom is -0.247 e. The molecule has 1 heterocycles. The highest BCUT2D eigenvalue weighted by atomic mass is 79.9. The van der Waals surface area contributed by atoms with Crippen LogP contribution in [-0.2, 0) is 0 Å². The van der Waals surface area contributed by atoms with Crippen molar-refractivity contribution in [2.75, 3.05) is 0 Å². The average Bonchev–Trinajstić information content (AvgIpc) is 2.37. The minimum absolute atomic E-state index is 0.0273. The fraction of sp³-hybridized carbons (Fsp3) is 0.600. The Hall–Kier alpha value is -0.450. The third-order valence-corrected chi connectivity index (χ3v) is 4.45. The van der Waals surface area contributed by atoms with E-state index in [1.165, 1.54) is 25.3 Å². The van der Waals surface area contributed by atoms with Gasteiger partial charge in [0.05, 0.1) is 0 Å². The highest BCUT2D eigenvalue weighted by Crippen LogP contribution is 2.25. The summed E-state index contributed by atoms with van der Waals surface area (Å²) in [5, 5.41) is 2.29. The van der Waals surface area contributed by atoms with E-state index in [2.05, 4.69) is 40.2 Å². The number of nitrogens with zero attached hydrogens (tertiary/aromatic N) is 1. The van der Waals surface area contributed by atoms with Crippen LogP contribution in [0.5, 0.6) is 0 Å². The van der Waals surface area contributed by atoms with Crippen LogP contribution in [0.4, 0.5) is 4.39 Å². The van der Waals surface area contributed by atoms with Gasteiger partial charge in [0.15, 0.2) is 0 Å². The molecule has 0 saturated carbocycles. The van der Waals surface area contributed by atoms with Crippen LogP contribution >= 0.6 is 15.9 Å². The van der Waals surface area contributed by atoms with E-state index in [0.717, 1.165) is 4.47 Å². The van der Waals surface area contributed by atoms with Crippen LogP contribution in [0.2, 0.25) is 0 Å². The van der Waals surface area contributed by atoms with Crippen LogP contribution in [0, 0.1) is 5.82 Å². The van der Waals surface area contributed by atoms with Crippen molar-refractivity contribution in [3.05, 3.63) is 34.1 Å². The zero-order valence-electron chi connectivity index (χ0n) is 11.8. The normalized spacial score (nSPS) is 26.4. The second-order valence-electron chi connectivity index (χ2n) is 5.55. The van der Waals surface area contributed by atoms with E-state index in [0.29, 0.717) is 17.6 Å². The zero-order chi connectivity index (χ0) is 14.0. The van der Waals surface area contributed by atoms with Gasteiger partial charge >= 0.3 is 0 Å². The van der Waals surface area contributed by atoms with E-state index < -0.39 is 0 Å². The predicted molar refractivity (Wildman–Crippen MR) is 80.3 cm³/mol. The van der Waals surface area contributed by atoms with Gasteiger partial charge in [-0.15, -0.1) is 0 Å². The van der Waals surface area contributed by atoms with Crippen LogP contribution in [0.1, 0.15) is 51.6 Å². The van der Waals surface area contributed by atoms with Crippen molar-refractivity contribution in [3.8, 4) is 0 Å². The van der Waals surface area contributed by atoms with Gasteiger partial charge in [-0.2, -0.15) is 0 Å². The van der Waals surface area contributed by atoms with E-state index in [9.17, 15) is 4.39 Å². The molecule has 0 radical (unpaired) electrons. The first kappa shape index (κ1) is 14.9. The molecule has 2 nitrogen and oxygen atoms in total. The van der Waals surface area contributed by atoms with E-state index in [-0.39, 0.29) is 11.9 Å². The van der Waals surface area contributed by atoms with Gasteiger partial charge < -0.3 is 0 Å². The van der Waals surface area contributed by atoms with E-state index in [1.54, 1.807) is 6.07 Å². The first-order valence-corrected chi connectivity index (χ1v) is 7.77. The highest BCUT2D eigenvalue weighted by Gasteiger charge is 2.26. The molecular formula is C15H22BrFN2. The van der Waals surface area contributed by atoms with Crippen molar-refractivity contribution in [1.82, 2.24) is 10.4 Å². The minimum atomic E-state index is -0.152. The number of rotatable bonds is 3. The highest BCUT2D eigenvalue weighted by molar-refractivity contribution is 9.10. The van der Waals surface area contributed by atoms with Crippen LogP contribution in [0.3, 0.4) is 0 Å². The first-order chi connectivity index (χ1) is 8.99. The summed E-state index contributed by atoms with van der Waals surface area (Å²) < 4.78 is 14.8. The molecular weight excluding hydrogens is 307 g/mol. The monoisotopic (exact) mass is 328 g/mol. The topological polar surface area (TPSA) is 15.3 Å². The maximum atomic E-state index is 13.9. The molecule has 106 valence electrons. The quantitative estimate of drug-likeness (QED) is 0.883. The number of hydrazine groups is 1. The molecule has 1 aromatic carbocycles. The summed E-state index contributed by atoms with van der Waals surface area (Å²) in [5.41, 5.74) is 4.18. The molecule has 0 bridgehead atoms.